The summed E-state index contributed by atoms with van der Waals surface area (Å²) in [6.45, 7) is 0. The summed E-state index contributed by atoms with van der Waals surface area (Å²) >= 11 is 0. The second-order valence-electron chi connectivity index (χ2n) is 4.36. The van der Waals surface area contributed by atoms with Gasteiger partial charge in [0.2, 0.25) is 5.91 Å². The predicted molar refractivity (Wildman–Crippen MR) is 80.5 cm³/mol. The highest BCUT2D eigenvalue weighted by molar-refractivity contribution is 5.93. The standard InChI is InChI=1S/C15H17N3O3/c1-20-12-6-5-10(8-13(12)21-2)9-14(19)18-15-11(16)4-3-7-17-15/h3-8H,9,16H2,1-2H3,(H,17,18,19). The average Bonchev–Trinajstić information content (AvgIpc) is 2.49. The van der Waals surface area contributed by atoms with Crippen LogP contribution in [0.5, 0.6) is 11.5 Å². The molecule has 0 atom stereocenters. The lowest BCUT2D eigenvalue weighted by Gasteiger charge is -2.10. The molecule has 0 spiro atoms. The molecule has 0 saturated carbocycles. The summed E-state index contributed by atoms with van der Waals surface area (Å²) in [5.41, 5.74) is 6.97. The normalized spacial score (nSPS) is 10.0. The van der Waals surface area contributed by atoms with Crippen molar-refractivity contribution < 1.29 is 14.3 Å². The van der Waals surface area contributed by atoms with Gasteiger partial charge < -0.3 is 20.5 Å². The summed E-state index contributed by atoms with van der Waals surface area (Å²) in [5.74, 6) is 1.37. The maximum Gasteiger partial charge on any atom is 0.230 e. The number of carbonyl (C=O) groups is 1. The number of methoxy groups -OCH3 is 2. The molecule has 1 aromatic heterocycles. The van der Waals surface area contributed by atoms with Crippen LogP contribution in [-0.4, -0.2) is 25.1 Å². The SMILES string of the molecule is COc1ccc(CC(=O)Nc2ncccc2N)cc1OC. The molecule has 0 saturated heterocycles. The number of amides is 1. The van der Waals surface area contributed by atoms with Crippen LogP contribution < -0.4 is 20.5 Å². The summed E-state index contributed by atoms with van der Waals surface area (Å²) in [6.07, 6.45) is 1.76. The fourth-order valence-corrected chi connectivity index (χ4v) is 1.87. The van der Waals surface area contributed by atoms with Crippen LogP contribution >= 0.6 is 0 Å². The Morgan fingerprint density at radius 1 is 1.24 bits per heavy atom. The van der Waals surface area contributed by atoms with Crippen LogP contribution in [0, 0.1) is 0 Å². The summed E-state index contributed by atoms with van der Waals surface area (Å²) in [7, 11) is 3.12. The Morgan fingerprint density at radius 3 is 2.67 bits per heavy atom. The first-order valence-electron chi connectivity index (χ1n) is 6.35. The Bertz CT molecular complexity index is 644. The average molecular weight is 287 g/mol. The van der Waals surface area contributed by atoms with Crippen molar-refractivity contribution in [1.82, 2.24) is 4.98 Å². The van der Waals surface area contributed by atoms with Gasteiger partial charge in [0.25, 0.3) is 0 Å². The van der Waals surface area contributed by atoms with E-state index in [2.05, 4.69) is 10.3 Å². The number of aromatic nitrogens is 1. The number of hydrogen-bond donors (Lipinski definition) is 2. The van der Waals surface area contributed by atoms with Gasteiger partial charge in [-0.3, -0.25) is 4.79 Å². The van der Waals surface area contributed by atoms with Crippen LogP contribution in [0.2, 0.25) is 0 Å². The van der Waals surface area contributed by atoms with Gasteiger partial charge in [-0.05, 0) is 29.8 Å². The molecule has 0 aliphatic rings. The third-order valence-electron chi connectivity index (χ3n) is 2.91. The fraction of sp³-hybridized carbons (Fsp3) is 0.200. The van der Waals surface area contributed by atoms with E-state index in [-0.39, 0.29) is 12.3 Å². The van der Waals surface area contributed by atoms with Gasteiger partial charge >= 0.3 is 0 Å². The quantitative estimate of drug-likeness (QED) is 0.876. The topological polar surface area (TPSA) is 86.5 Å². The van der Waals surface area contributed by atoms with Crippen molar-refractivity contribution in [3.63, 3.8) is 0 Å². The minimum atomic E-state index is -0.201. The number of ether oxygens (including phenoxy) is 2. The zero-order valence-corrected chi connectivity index (χ0v) is 11.9. The second-order valence-corrected chi connectivity index (χ2v) is 4.36. The number of hydrogen-bond acceptors (Lipinski definition) is 5. The van der Waals surface area contributed by atoms with E-state index in [0.717, 1.165) is 5.56 Å². The van der Waals surface area contributed by atoms with E-state index in [1.54, 1.807) is 44.7 Å². The van der Waals surface area contributed by atoms with Crippen LogP contribution in [0.1, 0.15) is 5.56 Å². The van der Waals surface area contributed by atoms with E-state index < -0.39 is 0 Å². The molecule has 0 aliphatic carbocycles. The van der Waals surface area contributed by atoms with E-state index in [9.17, 15) is 4.79 Å². The number of nitrogens with one attached hydrogen (secondary N) is 1. The van der Waals surface area contributed by atoms with Crippen LogP contribution in [0.3, 0.4) is 0 Å². The monoisotopic (exact) mass is 287 g/mol. The van der Waals surface area contributed by atoms with Crippen molar-refractivity contribution >= 4 is 17.4 Å². The lowest BCUT2D eigenvalue weighted by molar-refractivity contribution is -0.115. The van der Waals surface area contributed by atoms with Crippen LogP contribution in [-0.2, 0) is 11.2 Å². The number of carbonyl (C=O) groups excluding carboxylic acids is 1. The van der Waals surface area contributed by atoms with E-state index >= 15 is 0 Å². The summed E-state index contributed by atoms with van der Waals surface area (Å²) in [5, 5.41) is 2.68. The van der Waals surface area contributed by atoms with Crippen LogP contribution in [0.4, 0.5) is 11.5 Å². The van der Waals surface area contributed by atoms with Crippen molar-refractivity contribution in [2.45, 2.75) is 6.42 Å². The van der Waals surface area contributed by atoms with Gasteiger partial charge in [-0.15, -0.1) is 0 Å². The molecule has 0 radical (unpaired) electrons. The van der Waals surface area contributed by atoms with Gasteiger partial charge in [0.1, 0.15) is 0 Å². The number of pyridine rings is 1. The van der Waals surface area contributed by atoms with Gasteiger partial charge in [-0.1, -0.05) is 6.07 Å². The highest BCUT2D eigenvalue weighted by Gasteiger charge is 2.10. The number of nitrogens with two attached hydrogens (primary N) is 1. The zero-order valence-electron chi connectivity index (χ0n) is 11.9. The number of nitrogen functional groups attached to an aromatic ring is 1. The van der Waals surface area contributed by atoms with Crippen LogP contribution in [0.25, 0.3) is 0 Å². The molecule has 1 aromatic carbocycles. The molecular weight excluding hydrogens is 270 g/mol. The van der Waals surface area contributed by atoms with Gasteiger partial charge in [-0.25, -0.2) is 4.98 Å². The Hall–Kier alpha value is -2.76. The Kier molecular flexibility index (Phi) is 4.61. The Labute approximate surface area is 122 Å². The predicted octanol–water partition coefficient (Wildman–Crippen LogP) is 1.86. The van der Waals surface area contributed by atoms with Gasteiger partial charge in [0, 0.05) is 6.20 Å². The van der Waals surface area contributed by atoms with E-state index in [1.165, 1.54) is 0 Å². The molecule has 6 nitrogen and oxygen atoms in total. The molecule has 2 rings (SSSR count). The van der Waals surface area contributed by atoms with Gasteiger partial charge in [-0.2, -0.15) is 0 Å². The highest BCUT2D eigenvalue weighted by Crippen LogP contribution is 2.27. The van der Waals surface area contributed by atoms with E-state index in [4.69, 9.17) is 15.2 Å². The third-order valence-corrected chi connectivity index (χ3v) is 2.91. The first kappa shape index (κ1) is 14.6. The highest BCUT2D eigenvalue weighted by atomic mass is 16.5. The van der Waals surface area contributed by atoms with Crippen LogP contribution in [0.15, 0.2) is 36.5 Å². The number of nitrogens with zero attached hydrogens (tertiary/aromatic N) is 1. The first-order valence-corrected chi connectivity index (χ1v) is 6.35. The van der Waals surface area contributed by atoms with Crippen molar-refractivity contribution in [3.8, 4) is 11.5 Å². The van der Waals surface area contributed by atoms with Crippen molar-refractivity contribution in [2.24, 2.45) is 0 Å². The molecule has 0 fully saturated rings. The molecule has 6 heteroatoms. The molecule has 0 unspecified atom stereocenters. The van der Waals surface area contributed by atoms with Crippen molar-refractivity contribution in [1.29, 1.82) is 0 Å². The Balaban J connectivity index is 2.08. The maximum atomic E-state index is 12.0. The minimum absolute atomic E-state index is 0.191. The van der Waals surface area contributed by atoms with Crippen molar-refractivity contribution in [2.75, 3.05) is 25.3 Å². The smallest absolute Gasteiger partial charge is 0.230 e. The number of anilines is 2. The number of rotatable bonds is 5. The fourth-order valence-electron chi connectivity index (χ4n) is 1.87. The Morgan fingerprint density at radius 2 is 2.00 bits per heavy atom. The maximum absolute atomic E-state index is 12.0. The van der Waals surface area contributed by atoms with Crippen molar-refractivity contribution in [3.05, 3.63) is 42.1 Å². The largest absolute Gasteiger partial charge is 0.493 e. The van der Waals surface area contributed by atoms with E-state index in [1.807, 2.05) is 6.07 Å². The molecule has 0 aliphatic heterocycles. The number of benzene rings is 1. The summed E-state index contributed by atoms with van der Waals surface area (Å²) < 4.78 is 10.4. The molecule has 110 valence electrons. The third kappa shape index (κ3) is 3.62. The van der Waals surface area contributed by atoms with Gasteiger partial charge in [0.15, 0.2) is 17.3 Å². The zero-order chi connectivity index (χ0) is 15.2. The first-order chi connectivity index (χ1) is 10.1. The molecule has 3 N–H and O–H groups in total. The molecule has 2 aromatic rings. The lowest BCUT2D eigenvalue weighted by atomic mass is 10.1. The molecule has 0 bridgehead atoms. The summed E-state index contributed by atoms with van der Waals surface area (Å²) in [4.78, 5) is 16.0. The minimum Gasteiger partial charge on any atom is -0.493 e. The molecule has 1 heterocycles. The lowest BCUT2D eigenvalue weighted by Crippen LogP contribution is -2.16. The van der Waals surface area contributed by atoms with Gasteiger partial charge in [0.05, 0.1) is 26.3 Å². The molecule has 21 heavy (non-hydrogen) atoms. The molecule has 1 amide bonds. The second kappa shape index (κ2) is 6.60. The van der Waals surface area contributed by atoms with E-state index in [0.29, 0.717) is 23.0 Å². The molecular formula is C15H17N3O3. The summed E-state index contributed by atoms with van der Waals surface area (Å²) in [6, 6.07) is 8.72.